The molecule has 20 heavy (non-hydrogen) atoms. The van der Waals surface area contributed by atoms with Crippen molar-refractivity contribution in [2.24, 2.45) is 0 Å². The van der Waals surface area contributed by atoms with Crippen molar-refractivity contribution in [1.82, 2.24) is 0 Å². The van der Waals surface area contributed by atoms with Crippen LogP contribution in [0.3, 0.4) is 0 Å². The molecule has 0 aromatic heterocycles. The summed E-state index contributed by atoms with van der Waals surface area (Å²) in [7, 11) is -1.60. The molecule has 0 aliphatic carbocycles. The van der Waals surface area contributed by atoms with Crippen molar-refractivity contribution in [2.45, 2.75) is 22.4 Å². The molecule has 0 saturated heterocycles. The first-order valence-corrected chi connectivity index (χ1v) is 7.76. The van der Waals surface area contributed by atoms with Gasteiger partial charge in [-0.25, -0.2) is 0 Å². The molecule has 0 aliphatic heterocycles. The van der Waals surface area contributed by atoms with Crippen LogP contribution in [-0.2, 0) is 22.0 Å². The van der Waals surface area contributed by atoms with Crippen molar-refractivity contribution in [3.8, 4) is 0 Å². The van der Waals surface area contributed by atoms with Gasteiger partial charge in [-0.1, -0.05) is 59.6 Å². The summed E-state index contributed by atoms with van der Waals surface area (Å²) in [6, 6.07) is 16.6. The lowest BCUT2D eigenvalue weighted by Gasteiger charge is -2.20. The third-order valence-electron chi connectivity index (χ3n) is 3.01. The molecule has 4 heteroatoms. The van der Waals surface area contributed by atoms with E-state index in [0.29, 0.717) is 11.2 Å². The van der Waals surface area contributed by atoms with E-state index < -0.39 is 15.0 Å². The number of halogens is 1. The third-order valence-corrected chi connectivity index (χ3v) is 5.21. The molecule has 0 saturated carbocycles. The molecule has 2 aromatic carbocycles. The van der Waals surface area contributed by atoms with Crippen LogP contribution in [0.2, 0.25) is 0 Å². The molecule has 2 atom stereocenters. The van der Waals surface area contributed by atoms with Crippen molar-refractivity contribution in [3.05, 3.63) is 65.7 Å². The van der Waals surface area contributed by atoms with Gasteiger partial charge in [0, 0.05) is 11.3 Å². The zero-order valence-electron chi connectivity index (χ0n) is 11.1. The summed E-state index contributed by atoms with van der Waals surface area (Å²) in [6.45, 7) is 1.95. The highest BCUT2D eigenvalue weighted by molar-refractivity contribution is 7.88. The Morgan fingerprint density at radius 3 is 2.25 bits per heavy atom. The van der Waals surface area contributed by atoms with Crippen LogP contribution in [-0.4, -0.2) is 14.7 Å². The van der Waals surface area contributed by atoms with E-state index in [4.69, 9.17) is 11.6 Å². The van der Waals surface area contributed by atoms with Gasteiger partial charge in [0.1, 0.15) is 0 Å². The van der Waals surface area contributed by atoms with Crippen molar-refractivity contribution < 1.29 is 9.00 Å². The predicted octanol–water partition coefficient (Wildman–Crippen LogP) is 3.48. The van der Waals surface area contributed by atoms with E-state index >= 15 is 0 Å². The summed E-state index contributed by atoms with van der Waals surface area (Å²) in [6.07, 6.45) is 0.816. The first-order chi connectivity index (χ1) is 9.55. The SMILES string of the molecule is Cc1ccc(S(=O)C(Cl)(C=O)Cc2ccccc2)cc1. The van der Waals surface area contributed by atoms with Crippen LogP contribution in [0.5, 0.6) is 0 Å². The predicted molar refractivity (Wildman–Crippen MR) is 82.4 cm³/mol. The van der Waals surface area contributed by atoms with E-state index in [-0.39, 0.29) is 6.42 Å². The fourth-order valence-corrected chi connectivity index (χ4v) is 3.46. The fourth-order valence-electron chi connectivity index (χ4n) is 1.88. The molecular formula is C16H15ClO2S. The normalized spacial score (nSPS) is 15.3. The van der Waals surface area contributed by atoms with E-state index in [2.05, 4.69) is 0 Å². The lowest BCUT2D eigenvalue weighted by atomic mass is 10.1. The number of hydrogen-bond donors (Lipinski definition) is 0. The smallest absolute Gasteiger partial charge is 0.182 e. The Bertz CT molecular complexity index is 610. The number of benzene rings is 2. The minimum atomic E-state index is -1.60. The average molecular weight is 307 g/mol. The van der Waals surface area contributed by atoms with Crippen LogP contribution in [0.25, 0.3) is 0 Å². The number of rotatable bonds is 5. The maximum atomic E-state index is 12.6. The zero-order chi connectivity index (χ0) is 14.6. The summed E-state index contributed by atoms with van der Waals surface area (Å²) in [5, 5.41) is 0. The molecule has 2 unspecified atom stereocenters. The lowest BCUT2D eigenvalue weighted by Crippen LogP contribution is -2.32. The Balaban J connectivity index is 2.28. The Labute approximate surface area is 126 Å². The van der Waals surface area contributed by atoms with E-state index in [1.54, 1.807) is 12.1 Å². The van der Waals surface area contributed by atoms with Crippen molar-refractivity contribution in [3.63, 3.8) is 0 Å². The number of hydrogen-bond acceptors (Lipinski definition) is 2. The minimum Gasteiger partial charge on any atom is -0.300 e. The third kappa shape index (κ3) is 3.35. The standard InChI is InChI=1S/C16H15ClO2S/c1-13-7-9-15(10-8-13)20(19)16(17,12-18)11-14-5-3-2-4-6-14/h2-10,12H,11H2,1H3. The topological polar surface area (TPSA) is 34.1 Å². The van der Waals surface area contributed by atoms with Gasteiger partial charge in [0.05, 0.1) is 10.8 Å². The quantitative estimate of drug-likeness (QED) is 0.626. The van der Waals surface area contributed by atoms with Crippen molar-refractivity contribution in [1.29, 1.82) is 0 Å². The molecule has 2 rings (SSSR count). The summed E-state index contributed by atoms with van der Waals surface area (Å²) < 4.78 is 11.1. The molecule has 0 heterocycles. The number of carbonyl (C=O) groups excluding carboxylic acids is 1. The van der Waals surface area contributed by atoms with Crippen LogP contribution >= 0.6 is 11.6 Å². The van der Waals surface area contributed by atoms with Gasteiger partial charge >= 0.3 is 0 Å². The molecule has 0 fully saturated rings. The highest BCUT2D eigenvalue weighted by Crippen LogP contribution is 2.28. The molecule has 0 N–H and O–H groups in total. The van der Waals surface area contributed by atoms with Gasteiger partial charge in [-0.2, -0.15) is 0 Å². The molecule has 0 amide bonds. The highest BCUT2D eigenvalue weighted by Gasteiger charge is 2.35. The maximum Gasteiger partial charge on any atom is 0.182 e. The fraction of sp³-hybridized carbons (Fsp3) is 0.188. The summed E-state index contributed by atoms with van der Waals surface area (Å²) >= 11 is 6.31. The van der Waals surface area contributed by atoms with E-state index in [9.17, 15) is 9.00 Å². The van der Waals surface area contributed by atoms with Gasteiger partial charge in [-0.3, -0.25) is 4.21 Å². The molecule has 2 nitrogen and oxygen atoms in total. The van der Waals surface area contributed by atoms with Gasteiger partial charge in [0.15, 0.2) is 10.5 Å². The summed E-state index contributed by atoms with van der Waals surface area (Å²) in [4.78, 5) is 12.0. The second-order valence-electron chi connectivity index (χ2n) is 4.65. The van der Waals surface area contributed by atoms with Crippen molar-refractivity contribution in [2.75, 3.05) is 0 Å². The Morgan fingerprint density at radius 2 is 1.70 bits per heavy atom. The molecule has 2 aromatic rings. The second-order valence-corrected chi connectivity index (χ2v) is 7.28. The lowest BCUT2D eigenvalue weighted by molar-refractivity contribution is -0.108. The van der Waals surface area contributed by atoms with Crippen LogP contribution in [0, 0.1) is 6.92 Å². The largest absolute Gasteiger partial charge is 0.300 e. The Morgan fingerprint density at radius 1 is 1.10 bits per heavy atom. The summed E-state index contributed by atoms with van der Waals surface area (Å²) in [5.74, 6) is 0. The maximum absolute atomic E-state index is 12.6. The Kier molecular flexibility index (Phi) is 4.73. The van der Waals surface area contributed by atoms with Crippen LogP contribution in [0.15, 0.2) is 59.5 Å². The van der Waals surface area contributed by atoms with Gasteiger partial charge < -0.3 is 4.79 Å². The number of aryl methyl sites for hydroxylation is 1. The van der Waals surface area contributed by atoms with Gasteiger partial charge in [0.2, 0.25) is 0 Å². The monoisotopic (exact) mass is 306 g/mol. The Hall–Kier alpha value is -1.45. The molecule has 0 bridgehead atoms. The van der Waals surface area contributed by atoms with Crippen LogP contribution in [0.1, 0.15) is 11.1 Å². The zero-order valence-corrected chi connectivity index (χ0v) is 12.7. The van der Waals surface area contributed by atoms with Gasteiger partial charge in [-0.15, -0.1) is 0 Å². The minimum absolute atomic E-state index is 0.235. The molecule has 0 radical (unpaired) electrons. The van der Waals surface area contributed by atoms with Crippen molar-refractivity contribution >= 4 is 28.7 Å². The number of carbonyl (C=O) groups is 1. The molecular weight excluding hydrogens is 292 g/mol. The van der Waals surface area contributed by atoms with Gasteiger partial charge in [0.25, 0.3) is 0 Å². The average Bonchev–Trinajstić information content (AvgIpc) is 2.48. The number of alkyl halides is 1. The summed E-state index contributed by atoms with van der Waals surface area (Å²) in [5.41, 5.74) is 1.95. The van der Waals surface area contributed by atoms with E-state index in [1.165, 1.54) is 0 Å². The number of aldehydes is 1. The molecule has 104 valence electrons. The van der Waals surface area contributed by atoms with Gasteiger partial charge in [-0.05, 0) is 24.6 Å². The molecule has 0 aliphatic rings. The van der Waals surface area contributed by atoms with E-state index in [1.807, 2.05) is 49.4 Å². The second kappa shape index (κ2) is 6.33. The van der Waals surface area contributed by atoms with E-state index in [0.717, 1.165) is 11.1 Å². The molecule has 0 spiro atoms. The van der Waals surface area contributed by atoms with Crippen LogP contribution in [0.4, 0.5) is 0 Å². The highest BCUT2D eigenvalue weighted by atomic mass is 35.5. The first kappa shape index (κ1) is 14.9. The van der Waals surface area contributed by atoms with Crippen LogP contribution < -0.4 is 0 Å². The first-order valence-electron chi connectivity index (χ1n) is 6.23.